The Morgan fingerprint density at radius 2 is 1.89 bits per heavy atom. The summed E-state index contributed by atoms with van der Waals surface area (Å²) in [5.41, 5.74) is -0.584. The van der Waals surface area contributed by atoms with Crippen molar-refractivity contribution in [3.63, 3.8) is 0 Å². The predicted octanol–water partition coefficient (Wildman–Crippen LogP) is 2.78. The molecule has 10 nitrogen and oxygen atoms in total. The minimum atomic E-state index is -0.584. The number of ether oxygens (including phenoxy) is 1. The molecule has 1 aliphatic heterocycles. The Balaban J connectivity index is 1.34. The van der Waals surface area contributed by atoms with Crippen LogP contribution >= 0.6 is 0 Å². The Hall–Kier alpha value is -2.72. The molecule has 0 bridgehead atoms. The lowest BCUT2D eigenvalue weighted by molar-refractivity contribution is -0.122. The molecule has 0 spiro atoms. The number of hydrogen-bond acceptors (Lipinski definition) is 8. The van der Waals surface area contributed by atoms with E-state index in [-0.39, 0.29) is 24.3 Å². The van der Waals surface area contributed by atoms with Crippen molar-refractivity contribution in [1.82, 2.24) is 25.7 Å². The molecule has 1 aliphatic carbocycles. The number of carbonyl (C=O) groups is 2. The van der Waals surface area contributed by atoms with Crippen LogP contribution in [0, 0.1) is 6.92 Å². The van der Waals surface area contributed by atoms with Crippen molar-refractivity contribution < 1.29 is 23.3 Å². The molecule has 2 aromatic heterocycles. The lowest BCUT2D eigenvalue weighted by Gasteiger charge is -2.33. The number of nitrogens with one attached hydrogen (secondary N) is 2. The van der Waals surface area contributed by atoms with E-state index in [2.05, 4.69) is 25.7 Å². The van der Waals surface area contributed by atoms with Crippen LogP contribution in [0.1, 0.15) is 81.1 Å². The first-order valence-corrected chi connectivity index (χ1v) is 12.7. The number of furan rings is 1. The van der Waals surface area contributed by atoms with Crippen LogP contribution in [0.4, 0.5) is 0 Å². The van der Waals surface area contributed by atoms with E-state index in [9.17, 15) is 9.59 Å². The van der Waals surface area contributed by atoms with Crippen molar-refractivity contribution >= 4 is 11.8 Å². The summed E-state index contributed by atoms with van der Waals surface area (Å²) in [6.45, 7) is 6.82. The van der Waals surface area contributed by atoms with Crippen molar-refractivity contribution in [3.05, 3.63) is 35.4 Å². The Bertz CT molecular complexity index is 973. The quantitative estimate of drug-likeness (QED) is 0.518. The van der Waals surface area contributed by atoms with E-state index in [1.54, 1.807) is 0 Å². The van der Waals surface area contributed by atoms with E-state index in [4.69, 9.17) is 13.7 Å². The van der Waals surface area contributed by atoms with E-state index in [0.717, 1.165) is 63.1 Å². The number of aromatic nitrogens is 2. The molecule has 3 heterocycles. The highest BCUT2D eigenvalue weighted by Gasteiger charge is 2.38. The van der Waals surface area contributed by atoms with Crippen molar-refractivity contribution in [1.29, 1.82) is 0 Å². The third kappa shape index (κ3) is 6.70. The molecule has 2 aromatic rings. The van der Waals surface area contributed by atoms with Crippen molar-refractivity contribution in [3.8, 4) is 0 Å². The first-order valence-electron chi connectivity index (χ1n) is 12.7. The first kappa shape index (κ1) is 25.4. The standard InChI is InChI=1S/C25H37N5O5/c1-18-7-8-21(34-18)20(30-13-15-33-16-14-30)17-26-22(32)9-10-23-27-24(29-35-23)25(28-19(2)31)11-5-3-4-6-12-25/h7-8,20H,3-6,9-17H2,1-2H3,(H,26,32)(H,28,31). The average Bonchev–Trinajstić information content (AvgIpc) is 3.43. The van der Waals surface area contributed by atoms with Crippen LogP contribution in [0.25, 0.3) is 0 Å². The van der Waals surface area contributed by atoms with Gasteiger partial charge < -0.3 is 24.3 Å². The molecular formula is C25H37N5O5. The van der Waals surface area contributed by atoms with Crippen LogP contribution in [0.3, 0.4) is 0 Å². The van der Waals surface area contributed by atoms with Gasteiger partial charge in [-0.2, -0.15) is 4.98 Å². The highest BCUT2D eigenvalue weighted by Crippen LogP contribution is 2.34. The molecule has 1 saturated carbocycles. The van der Waals surface area contributed by atoms with Gasteiger partial charge >= 0.3 is 0 Å². The van der Waals surface area contributed by atoms with Crippen LogP contribution in [0.5, 0.6) is 0 Å². The monoisotopic (exact) mass is 487 g/mol. The largest absolute Gasteiger partial charge is 0.465 e. The molecule has 10 heteroatoms. The van der Waals surface area contributed by atoms with E-state index >= 15 is 0 Å². The second kappa shape index (κ2) is 11.8. The van der Waals surface area contributed by atoms with Crippen LogP contribution in [0.2, 0.25) is 0 Å². The maximum Gasteiger partial charge on any atom is 0.227 e. The first-order chi connectivity index (χ1) is 16.9. The van der Waals surface area contributed by atoms with Gasteiger partial charge in [-0.3, -0.25) is 14.5 Å². The fraction of sp³-hybridized carbons (Fsp3) is 0.680. The molecule has 192 valence electrons. The van der Waals surface area contributed by atoms with Crippen LogP contribution in [0.15, 0.2) is 21.1 Å². The molecule has 2 amide bonds. The normalized spacial score (nSPS) is 19.6. The number of carbonyl (C=O) groups excluding carboxylic acids is 2. The third-order valence-electron chi connectivity index (χ3n) is 6.90. The molecule has 4 rings (SSSR count). The van der Waals surface area contributed by atoms with Crippen molar-refractivity contribution in [2.24, 2.45) is 0 Å². The van der Waals surface area contributed by atoms with Gasteiger partial charge in [0, 0.05) is 39.4 Å². The molecule has 0 aromatic carbocycles. The van der Waals surface area contributed by atoms with E-state index in [0.29, 0.717) is 37.9 Å². The van der Waals surface area contributed by atoms with Gasteiger partial charge in [-0.05, 0) is 31.9 Å². The number of hydrogen-bond donors (Lipinski definition) is 2. The summed E-state index contributed by atoms with van der Waals surface area (Å²) < 4.78 is 16.8. The summed E-state index contributed by atoms with van der Waals surface area (Å²) in [6.07, 6.45) is 6.45. The predicted molar refractivity (Wildman–Crippen MR) is 127 cm³/mol. The Morgan fingerprint density at radius 1 is 1.14 bits per heavy atom. The molecule has 1 atom stereocenters. The van der Waals surface area contributed by atoms with E-state index in [1.165, 1.54) is 6.92 Å². The zero-order valence-electron chi connectivity index (χ0n) is 20.8. The number of morpholine rings is 1. The summed E-state index contributed by atoms with van der Waals surface area (Å²) in [5.74, 6) is 2.44. The fourth-order valence-corrected chi connectivity index (χ4v) is 5.08. The van der Waals surface area contributed by atoms with Gasteiger partial charge in [0.05, 0.1) is 19.3 Å². The van der Waals surface area contributed by atoms with E-state index < -0.39 is 5.54 Å². The van der Waals surface area contributed by atoms with Gasteiger partial charge in [-0.15, -0.1) is 0 Å². The molecular weight excluding hydrogens is 450 g/mol. The summed E-state index contributed by atoms with van der Waals surface area (Å²) >= 11 is 0. The molecule has 35 heavy (non-hydrogen) atoms. The lowest BCUT2D eigenvalue weighted by Crippen LogP contribution is -2.45. The number of amides is 2. The lowest BCUT2D eigenvalue weighted by atomic mass is 9.89. The minimum absolute atomic E-state index is 0.0423. The van der Waals surface area contributed by atoms with Gasteiger partial charge in [0.25, 0.3) is 0 Å². The van der Waals surface area contributed by atoms with Crippen molar-refractivity contribution in [2.75, 3.05) is 32.8 Å². The van der Waals surface area contributed by atoms with E-state index in [1.807, 2.05) is 19.1 Å². The van der Waals surface area contributed by atoms with Gasteiger partial charge in [-0.1, -0.05) is 30.8 Å². The zero-order chi connectivity index (χ0) is 24.7. The zero-order valence-corrected chi connectivity index (χ0v) is 20.8. The average molecular weight is 488 g/mol. The summed E-state index contributed by atoms with van der Waals surface area (Å²) in [4.78, 5) is 31.4. The van der Waals surface area contributed by atoms with Gasteiger partial charge in [0.2, 0.25) is 17.7 Å². The molecule has 1 saturated heterocycles. The van der Waals surface area contributed by atoms with Crippen LogP contribution in [-0.2, 0) is 26.3 Å². The molecule has 2 N–H and O–H groups in total. The van der Waals surface area contributed by atoms with Gasteiger partial charge in [0.1, 0.15) is 17.1 Å². The Kier molecular flexibility index (Phi) is 8.56. The molecule has 0 radical (unpaired) electrons. The van der Waals surface area contributed by atoms with Crippen molar-refractivity contribution in [2.45, 2.75) is 76.8 Å². The molecule has 1 unspecified atom stereocenters. The minimum Gasteiger partial charge on any atom is -0.465 e. The Morgan fingerprint density at radius 3 is 2.54 bits per heavy atom. The highest BCUT2D eigenvalue weighted by atomic mass is 16.5. The number of rotatable bonds is 9. The second-order valence-corrected chi connectivity index (χ2v) is 9.61. The summed E-state index contributed by atoms with van der Waals surface area (Å²) in [6, 6.07) is 3.87. The smallest absolute Gasteiger partial charge is 0.227 e. The summed E-state index contributed by atoms with van der Waals surface area (Å²) in [5, 5.41) is 10.3. The summed E-state index contributed by atoms with van der Waals surface area (Å²) in [7, 11) is 0. The fourth-order valence-electron chi connectivity index (χ4n) is 5.08. The number of nitrogens with zero attached hydrogens (tertiary/aromatic N) is 3. The van der Waals surface area contributed by atoms with Crippen LogP contribution < -0.4 is 10.6 Å². The highest BCUT2D eigenvalue weighted by molar-refractivity contribution is 5.76. The Labute approximate surface area is 206 Å². The third-order valence-corrected chi connectivity index (χ3v) is 6.90. The topological polar surface area (TPSA) is 123 Å². The van der Waals surface area contributed by atoms with Gasteiger partial charge in [-0.25, -0.2) is 0 Å². The number of aryl methyl sites for hydroxylation is 2. The maximum atomic E-state index is 12.7. The molecule has 2 fully saturated rings. The maximum absolute atomic E-state index is 12.7. The van der Waals surface area contributed by atoms with Crippen LogP contribution in [-0.4, -0.2) is 59.7 Å². The second-order valence-electron chi connectivity index (χ2n) is 9.61. The SMILES string of the molecule is CC(=O)NC1(c2noc(CCC(=O)NCC(c3ccc(C)o3)N3CCOCC3)n2)CCCCCC1. The molecule has 2 aliphatic rings. The van der Waals surface area contributed by atoms with Gasteiger partial charge in [0.15, 0.2) is 5.82 Å².